The highest BCUT2D eigenvalue weighted by Gasteiger charge is 2.26. The summed E-state index contributed by atoms with van der Waals surface area (Å²) in [5, 5.41) is 14.8. The quantitative estimate of drug-likeness (QED) is 0.0431. The van der Waals surface area contributed by atoms with Crippen LogP contribution in [-0.2, 0) is 0 Å². The Morgan fingerprint density at radius 3 is 0.542 bits per heavy atom. The van der Waals surface area contributed by atoms with E-state index in [-0.39, 0.29) is 50.9 Å². The third-order valence-electron chi connectivity index (χ3n) is 11.6. The predicted molar refractivity (Wildman–Crippen MR) is 254 cm³/mol. The third-order valence-corrected chi connectivity index (χ3v) is 11.6. The van der Waals surface area contributed by atoms with Crippen molar-refractivity contribution in [2.24, 2.45) is 0 Å². The summed E-state index contributed by atoms with van der Waals surface area (Å²) in [5.74, 6) is 0. The van der Waals surface area contributed by atoms with Crippen LogP contribution in [0.3, 0.4) is 0 Å². The van der Waals surface area contributed by atoms with Crippen molar-refractivity contribution in [1.29, 1.82) is 0 Å². The number of quaternary nitrogens is 4. The maximum absolute atomic E-state index is 8.25. The van der Waals surface area contributed by atoms with Crippen LogP contribution in [0.2, 0.25) is 0 Å². The van der Waals surface area contributed by atoms with Gasteiger partial charge in [0.15, 0.2) is 0 Å². The molecule has 0 rings (SSSR count). The summed E-state index contributed by atoms with van der Waals surface area (Å²) < 4.78 is 5.14. The lowest BCUT2D eigenvalue weighted by Gasteiger charge is -2.39. The van der Waals surface area contributed by atoms with Crippen molar-refractivity contribution in [2.75, 3.05) is 107 Å². The fourth-order valence-electron chi connectivity index (χ4n) is 7.45. The van der Waals surface area contributed by atoms with Gasteiger partial charge in [-0.3, -0.25) is 0 Å². The van der Waals surface area contributed by atoms with Crippen LogP contribution in [0.4, 0.5) is 0 Å². The molecule has 0 atom stereocenters. The molecular weight excluding hydrogens is 934 g/mol. The lowest BCUT2D eigenvalue weighted by molar-refractivity contribution is -0.929. The molecule has 0 aliphatic carbocycles. The van der Waals surface area contributed by atoms with Gasteiger partial charge in [-0.1, -0.05) is 107 Å². The Kier molecular flexibility index (Phi) is 71.0. The van der Waals surface area contributed by atoms with E-state index >= 15 is 0 Å². The fraction of sp³-hybridized carbons (Fsp3) is 1.00. The first-order chi connectivity index (χ1) is 26.5. The Hall–Kier alpha value is 0.480. The summed E-state index contributed by atoms with van der Waals surface area (Å²) in [6, 6.07) is 0. The molecule has 59 heavy (non-hydrogen) atoms. The van der Waals surface area contributed by atoms with Crippen molar-refractivity contribution in [3.8, 4) is 0 Å². The number of nitrogens with zero attached hydrogens (tertiary/aromatic N) is 5. The molecule has 0 radical (unpaired) electrons. The molecule has 0 N–H and O–H groups in total. The summed E-state index contributed by atoms with van der Waals surface area (Å²) >= 11 is 0. The Morgan fingerprint density at radius 2 is 0.441 bits per heavy atom. The molecule has 8 nitrogen and oxygen atoms in total. The summed E-state index contributed by atoms with van der Waals surface area (Å²) in [4.78, 5) is 8.25. The summed E-state index contributed by atoms with van der Waals surface area (Å²) in [7, 11) is 8.50. The van der Waals surface area contributed by atoms with Gasteiger partial charge >= 0.3 is 0 Å². The van der Waals surface area contributed by atoms with E-state index in [0.29, 0.717) is 0 Å². The molecule has 0 aromatic rings. The monoisotopic (exact) mass is 1040 g/mol. The molecule has 368 valence electrons. The lowest BCUT2D eigenvalue weighted by Crippen LogP contribution is -3.00. The standard InChI is InChI=1S/C20H44N.C16H36N.C8H20N.C4H12N.3BrH.NO3/c1-5-9-13-17-21(18-14-10-6-2,19-15-11-7-3)20-16-12-8-4;1-5-9-13-17(14-10-6-2,15-11-7-3)16-12-8-4;1-5-9(6-2,7-3)8-4;1-5(2,3)4;;;;2-1(3)4/h5-20H2,1-4H3;5-16H2,1-4H3;5-8H2,1-4H3;1-4H3;3*1H;/q4*+1;;;;-1/p-3. The summed E-state index contributed by atoms with van der Waals surface area (Å²) in [6.07, 6.45) is 28.0. The molecule has 0 aromatic heterocycles. The average molecular weight is 1050 g/mol. The number of hydrogen-bond acceptors (Lipinski definition) is 3. The molecular formula is C48H112Br3N5O3. The van der Waals surface area contributed by atoms with Gasteiger partial charge in [0.05, 0.1) is 112 Å². The highest BCUT2D eigenvalue weighted by molar-refractivity contribution is 4.52. The van der Waals surface area contributed by atoms with E-state index in [2.05, 4.69) is 111 Å². The van der Waals surface area contributed by atoms with Crippen LogP contribution in [-0.4, -0.2) is 130 Å². The number of rotatable bonds is 32. The molecule has 0 saturated heterocycles. The van der Waals surface area contributed by atoms with Gasteiger partial charge in [-0.2, -0.15) is 0 Å². The van der Waals surface area contributed by atoms with E-state index in [9.17, 15) is 0 Å². The van der Waals surface area contributed by atoms with Gasteiger partial charge in [-0.05, 0) is 105 Å². The minimum absolute atomic E-state index is 0. The van der Waals surface area contributed by atoms with E-state index in [1.807, 2.05) is 0 Å². The van der Waals surface area contributed by atoms with E-state index < -0.39 is 5.09 Å². The van der Waals surface area contributed by atoms with Gasteiger partial charge in [0.25, 0.3) is 0 Å². The molecule has 0 aliphatic rings. The van der Waals surface area contributed by atoms with Gasteiger partial charge in [0, 0.05) is 0 Å². The maximum Gasteiger partial charge on any atom is 0.0786 e. The largest absolute Gasteiger partial charge is 1.00 e. The van der Waals surface area contributed by atoms with Gasteiger partial charge < -0.3 is 84.2 Å². The van der Waals surface area contributed by atoms with E-state index in [1.165, 1.54) is 220 Å². The number of unbranched alkanes of at least 4 members (excludes halogenated alkanes) is 12. The Labute approximate surface area is 405 Å². The van der Waals surface area contributed by atoms with Gasteiger partial charge in [0.1, 0.15) is 0 Å². The van der Waals surface area contributed by atoms with Crippen LogP contribution < -0.4 is 50.9 Å². The minimum Gasteiger partial charge on any atom is -1.00 e. The molecule has 0 amide bonds. The van der Waals surface area contributed by atoms with Gasteiger partial charge in [0.2, 0.25) is 0 Å². The molecule has 0 saturated carbocycles. The van der Waals surface area contributed by atoms with Crippen molar-refractivity contribution in [2.45, 2.75) is 212 Å². The Balaban J connectivity index is -0.000000102. The van der Waals surface area contributed by atoms with Crippen LogP contribution in [0.1, 0.15) is 212 Å². The number of halogens is 3. The second kappa shape index (κ2) is 54.6. The minimum atomic E-state index is -1.75. The molecule has 0 fully saturated rings. The van der Waals surface area contributed by atoms with Crippen molar-refractivity contribution in [3.63, 3.8) is 0 Å². The number of hydrogen-bond donors (Lipinski definition) is 0. The molecule has 0 aromatic carbocycles. The zero-order valence-electron chi connectivity index (χ0n) is 43.2. The van der Waals surface area contributed by atoms with Crippen LogP contribution in [0.25, 0.3) is 0 Å². The molecule has 0 spiro atoms. The van der Waals surface area contributed by atoms with E-state index in [4.69, 9.17) is 15.3 Å². The van der Waals surface area contributed by atoms with Crippen molar-refractivity contribution in [1.82, 2.24) is 0 Å². The average Bonchev–Trinajstić information content (AvgIpc) is 3.15. The van der Waals surface area contributed by atoms with E-state index in [1.54, 1.807) is 0 Å². The second-order valence-electron chi connectivity index (χ2n) is 18.2. The highest BCUT2D eigenvalue weighted by atomic mass is 79.9. The first-order valence-electron chi connectivity index (χ1n) is 24.6. The first-order valence-corrected chi connectivity index (χ1v) is 24.6. The topological polar surface area (TPSA) is 66.2 Å². The Morgan fingerprint density at radius 1 is 0.305 bits per heavy atom. The smallest absolute Gasteiger partial charge is 0.0786 e. The normalized spacial score (nSPS) is 11.0. The van der Waals surface area contributed by atoms with Crippen molar-refractivity contribution in [3.05, 3.63) is 15.3 Å². The summed E-state index contributed by atoms with van der Waals surface area (Å²) in [6.45, 7) is 44.4. The lowest BCUT2D eigenvalue weighted by atomic mass is 10.1. The zero-order valence-corrected chi connectivity index (χ0v) is 48.0. The Bertz CT molecular complexity index is 662. The summed E-state index contributed by atoms with van der Waals surface area (Å²) in [5.41, 5.74) is 0. The molecule has 11 heteroatoms. The first kappa shape index (κ1) is 76.8. The molecule has 0 aliphatic heterocycles. The second-order valence-corrected chi connectivity index (χ2v) is 18.2. The molecule has 0 unspecified atom stereocenters. The van der Waals surface area contributed by atoms with Gasteiger partial charge in [-0.25, -0.2) is 0 Å². The molecule has 0 bridgehead atoms. The van der Waals surface area contributed by atoms with Crippen LogP contribution in [0.5, 0.6) is 0 Å². The SMILES string of the molecule is CCCCC[N+](CCCCC)(CCCCC)CCCCC.CCCC[N+](CCCC)(CCCC)CCCC.CC[N+](CC)(CC)CC.C[N+](C)(C)C.O=[N+]([O-])[O-].[Br-].[Br-].[Br-]. The van der Waals surface area contributed by atoms with E-state index in [0.717, 1.165) is 4.48 Å². The fourth-order valence-corrected chi connectivity index (χ4v) is 7.45. The van der Waals surface area contributed by atoms with Crippen molar-refractivity contribution < 1.29 is 74.0 Å². The van der Waals surface area contributed by atoms with Crippen LogP contribution >= 0.6 is 0 Å². The zero-order chi connectivity index (χ0) is 44.2. The molecule has 0 heterocycles. The predicted octanol–water partition coefficient (Wildman–Crippen LogP) is 4.55. The highest BCUT2D eigenvalue weighted by Crippen LogP contribution is 2.19. The maximum atomic E-state index is 8.25. The van der Waals surface area contributed by atoms with Crippen LogP contribution in [0.15, 0.2) is 0 Å². The van der Waals surface area contributed by atoms with Gasteiger partial charge in [-0.15, -0.1) is 0 Å². The third kappa shape index (κ3) is 58.5. The van der Waals surface area contributed by atoms with Crippen molar-refractivity contribution >= 4 is 0 Å². The van der Waals surface area contributed by atoms with Crippen LogP contribution in [0, 0.1) is 15.3 Å².